The van der Waals surface area contributed by atoms with Crippen LogP contribution in [0, 0.1) is 5.82 Å². The van der Waals surface area contributed by atoms with E-state index in [1.54, 1.807) is 18.1 Å². The molecule has 0 bridgehead atoms. The second kappa shape index (κ2) is 7.63. The van der Waals surface area contributed by atoms with Crippen molar-refractivity contribution >= 4 is 16.9 Å². The van der Waals surface area contributed by atoms with Crippen LogP contribution in [-0.4, -0.2) is 62.0 Å². The predicted molar refractivity (Wildman–Crippen MR) is 88.5 cm³/mol. The van der Waals surface area contributed by atoms with Crippen LogP contribution >= 0.6 is 0 Å². The Morgan fingerprint density at radius 3 is 3.25 bits per heavy atom. The molecule has 1 fully saturated rings. The summed E-state index contributed by atoms with van der Waals surface area (Å²) < 4.78 is 24.0. The first-order valence-corrected chi connectivity index (χ1v) is 8.06. The number of hydrogen-bond donors (Lipinski definition) is 2. The highest BCUT2D eigenvalue weighted by Gasteiger charge is 2.23. The van der Waals surface area contributed by atoms with Crippen LogP contribution in [0.15, 0.2) is 24.4 Å². The number of nitrogens with zero attached hydrogens (tertiary/aromatic N) is 1. The monoisotopic (exact) mass is 335 g/mol. The molecule has 1 unspecified atom stereocenters. The molecule has 2 aromatic rings. The van der Waals surface area contributed by atoms with Crippen LogP contribution in [0.5, 0.6) is 0 Å². The number of amides is 2. The highest BCUT2D eigenvalue weighted by atomic mass is 19.1. The van der Waals surface area contributed by atoms with Gasteiger partial charge in [-0.25, -0.2) is 9.18 Å². The third kappa shape index (κ3) is 3.85. The van der Waals surface area contributed by atoms with Crippen molar-refractivity contribution in [3.8, 4) is 0 Å². The number of hydrogen-bond acceptors (Lipinski definition) is 3. The van der Waals surface area contributed by atoms with E-state index in [0.717, 1.165) is 16.5 Å². The number of morpholine rings is 1. The van der Waals surface area contributed by atoms with Crippen LogP contribution in [0.3, 0.4) is 0 Å². The van der Waals surface area contributed by atoms with Gasteiger partial charge in [-0.15, -0.1) is 0 Å². The van der Waals surface area contributed by atoms with E-state index >= 15 is 0 Å². The van der Waals surface area contributed by atoms with Gasteiger partial charge in [-0.1, -0.05) is 0 Å². The lowest BCUT2D eigenvalue weighted by atomic mass is 10.1. The molecule has 3 rings (SSSR count). The number of fused-ring (bicyclic) bond motifs is 1. The lowest BCUT2D eigenvalue weighted by Crippen LogP contribution is -2.51. The molecule has 24 heavy (non-hydrogen) atoms. The molecule has 1 aromatic heterocycles. The average molecular weight is 335 g/mol. The average Bonchev–Trinajstić information content (AvgIpc) is 2.98. The summed E-state index contributed by atoms with van der Waals surface area (Å²) in [6.45, 7) is 2.59. The van der Waals surface area contributed by atoms with E-state index in [9.17, 15) is 9.18 Å². The summed E-state index contributed by atoms with van der Waals surface area (Å²) in [5.41, 5.74) is 1.89. The fourth-order valence-corrected chi connectivity index (χ4v) is 2.96. The number of methoxy groups -OCH3 is 1. The number of urea groups is 1. The molecule has 2 amide bonds. The van der Waals surface area contributed by atoms with Crippen molar-refractivity contribution in [2.45, 2.75) is 12.5 Å². The molecule has 1 saturated heterocycles. The Balaban J connectivity index is 1.52. The normalized spacial score (nSPS) is 18.1. The minimum Gasteiger partial charge on any atom is -0.382 e. The number of halogens is 1. The molecule has 0 spiro atoms. The van der Waals surface area contributed by atoms with Gasteiger partial charge in [0.15, 0.2) is 0 Å². The molecule has 1 atom stereocenters. The van der Waals surface area contributed by atoms with Crippen LogP contribution in [0.2, 0.25) is 0 Å². The summed E-state index contributed by atoms with van der Waals surface area (Å²) in [5.74, 6) is -0.259. The van der Waals surface area contributed by atoms with Crippen LogP contribution in [0.25, 0.3) is 10.9 Å². The van der Waals surface area contributed by atoms with Gasteiger partial charge in [0.2, 0.25) is 0 Å². The molecule has 2 N–H and O–H groups in total. The molecule has 6 nitrogen and oxygen atoms in total. The van der Waals surface area contributed by atoms with Gasteiger partial charge in [-0.05, 0) is 30.2 Å². The summed E-state index contributed by atoms with van der Waals surface area (Å²) in [5, 5.41) is 3.77. The number of carbonyl (C=O) groups is 1. The van der Waals surface area contributed by atoms with Crippen molar-refractivity contribution in [3.63, 3.8) is 0 Å². The number of aromatic amines is 1. The summed E-state index contributed by atoms with van der Waals surface area (Å²) >= 11 is 0. The van der Waals surface area contributed by atoms with Crippen molar-refractivity contribution < 1.29 is 18.7 Å². The standard InChI is InChI=1S/C17H22FN3O3/c1-23-11-14-10-21(6-7-24-14)17(22)19-5-4-12-9-20-16-3-2-13(18)8-15(12)16/h2-3,8-9,14,20H,4-7,10-11H2,1H3,(H,19,22). The molecule has 130 valence electrons. The van der Waals surface area contributed by atoms with Crippen LogP contribution in [0.1, 0.15) is 5.56 Å². The smallest absolute Gasteiger partial charge is 0.317 e. The third-order valence-electron chi connectivity index (χ3n) is 4.18. The summed E-state index contributed by atoms with van der Waals surface area (Å²) in [4.78, 5) is 17.1. The third-order valence-corrected chi connectivity index (χ3v) is 4.18. The van der Waals surface area contributed by atoms with Crippen LogP contribution in [-0.2, 0) is 15.9 Å². The maximum Gasteiger partial charge on any atom is 0.317 e. The molecule has 0 radical (unpaired) electrons. The minimum absolute atomic E-state index is 0.0777. The number of aromatic nitrogens is 1. The van der Waals surface area contributed by atoms with Gasteiger partial charge < -0.3 is 24.7 Å². The molecule has 0 saturated carbocycles. The first kappa shape index (κ1) is 16.7. The predicted octanol–water partition coefficient (Wildman–Crippen LogP) is 1.91. The number of rotatable bonds is 5. The lowest BCUT2D eigenvalue weighted by Gasteiger charge is -2.32. The van der Waals surface area contributed by atoms with Gasteiger partial charge in [0, 0.05) is 37.3 Å². The summed E-state index contributed by atoms with van der Waals surface area (Å²) in [6.07, 6.45) is 2.42. The van der Waals surface area contributed by atoms with E-state index in [1.165, 1.54) is 12.1 Å². The maximum atomic E-state index is 13.4. The van der Waals surface area contributed by atoms with Gasteiger partial charge in [0.1, 0.15) is 5.82 Å². The largest absolute Gasteiger partial charge is 0.382 e. The molecule has 1 aliphatic rings. The van der Waals surface area contributed by atoms with Crippen molar-refractivity contribution in [2.75, 3.05) is 40.0 Å². The molecule has 2 heterocycles. The molecule has 7 heteroatoms. The van der Waals surface area contributed by atoms with Crippen LogP contribution < -0.4 is 5.32 Å². The van der Waals surface area contributed by atoms with E-state index in [4.69, 9.17) is 9.47 Å². The van der Waals surface area contributed by atoms with Gasteiger partial charge in [0.25, 0.3) is 0 Å². The molecular formula is C17H22FN3O3. The molecular weight excluding hydrogens is 313 g/mol. The van der Waals surface area contributed by atoms with E-state index in [-0.39, 0.29) is 18.0 Å². The SMILES string of the molecule is COCC1CN(C(=O)NCCc2c[nH]c3ccc(F)cc23)CCO1. The number of benzene rings is 1. The highest BCUT2D eigenvalue weighted by molar-refractivity contribution is 5.83. The van der Waals surface area contributed by atoms with Crippen molar-refractivity contribution in [3.05, 3.63) is 35.8 Å². The quantitative estimate of drug-likeness (QED) is 0.877. The van der Waals surface area contributed by atoms with E-state index < -0.39 is 0 Å². The van der Waals surface area contributed by atoms with Gasteiger partial charge in [-0.3, -0.25) is 0 Å². The molecule has 1 aliphatic heterocycles. The van der Waals surface area contributed by atoms with Gasteiger partial charge >= 0.3 is 6.03 Å². The molecule has 0 aliphatic carbocycles. The Kier molecular flexibility index (Phi) is 5.32. The highest BCUT2D eigenvalue weighted by Crippen LogP contribution is 2.19. The Hall–Kier alpha value is -2.12. The minimum atomic E-state index is -0.259. The number of carbonyl (C=O) groups excluding carboxylic acids is 1. The Morgan fingerprint density at radius 1 is 1.54 bits per heavy atom. The van der Waals surface area contributed by atoms with Gasteiger partial charge in [0.05, 0.1) is 25.9 Å². The Labute approximate surface area is 139 Å². The van der Waals surface area contributed by atoms with Crippen LogP contribution in [0.4, 0.5) is 9.18 Å². The second-order valence-corrected chi connectivity index (χ2v) is 5.88. The summed E-state index contributed by atoms with van der Waals surface area (Å²) in [6, 6.07) is 4.56. The zero-order valence-corrected chi connectivity index (χ0v) is 13.7. The second-order valence-electron chi connectivity index (χ2n) is 5.88. The Bertz CT molecular complexity index is 701. The lowest BCUT2D eigenvalue weighted by molar-refractivity contribution is -0.0494. The van der Waals surface area contributed by atoms with Crippen molar-refractivity contribution in [2.24, 2.45) is 0 Å². The zero-order chi connectivity index (χ0) is 16.9. The number of ether oxygens (including phenoxy) is 2. The number of nitrogens with one attached hydrogen (secondary N) is 2. The van der Waals surface area contributed by atoms with Crippen molar-refractivity contribution in [1.29, 1.82) is 0 Å². The number of H-pyrrole nitrogens is 1. The summed E-state index contributed by atoms with van der Waals surface area (Å²) in [7, 11) is 1.62. The molecule has 1 aromatic carbocycles. The van der Waals surface area contributed by atoms with Gasteiger partial charge in [-0.2, -0.15) is 0 Å². The van der Waals surface area contributed by atoms with Crippen molar-refractivity contribution in [1.82, 2.24) is 15.2 Å². The van der Waals surface area contributed by atoms with E-state index in [2.05, 4.69) is 10.3 Å². The topological polar surface area (TPSA) is 66.6 Å². The maximum absolute atomic E-state index is 13.4. The first-order valence-electron chi connectivity index (χ1n) is 8.06. The van der Waals surface area contributed by atoms with E-state index in [1.807, 2.05) is 6.20 Å². The fourth-order valence-electron chi connectivity index (χ4n) is 2.96. The fraction of sp³-hybridized carbons (Fsp3) is 0.471. The Morgan fingerprint density at radius 2 is 2.42 bits per heavy atom. The zero-order valence-electron chi connectivity index (χ0n) is 13.7. The van der Waals surface area contributed by atoms with E-state index in [0.29, 0.717) is 39.3 Å². The first-order chi connectivity index (χ1) is 11.7.